The number of benzene rings is 1. The quantitative estimate of drug-likeness (QED) is 0.819. The summed E-state index contributed by atoms with van der Waals surface area (Å²) in [7, 11) is 0. The molecule has 2 aromatic rings. The minimum atomic E-state index is -0.557. The maximum Gasteiger partial charge on any atom is 0.236 e. The molecule has 3 heterocycles. The number of hydrogen-bond acceptors (Lipinski definition) is 5. The van der Waals surface area contributed by atoms with Crippen LogP contribution >= 0.6 is 0 Å². The summed E-state index contributed by atoms with van der Waals surface area (Å²) in [5.74, 6) is -0.251. The number of hydrogen-bond donors (Lipinski definition) is 1. The molecule has 31 heavy (non-hydrogen) atoms. The minimum absolute atomic E-state index is 0.000285. The van der Waals surface area contributed by atoms with Crippen LogP contribution in [0.25, 0.3) is 0 Å². The second kappa shape index (κ2) is 7.89. The molecule has 160 valence electrons. The van der Waals surface area contributed by atoms with Gasteiger partial charge in [0.25, 0.3) is 0 Å². The average molecular weight is 423 g/mol. The number of anilines is 1. The fourth-order valence-corrected chi connectivity index (χ4v) is 5.29. The lowest BCUT2D eigenvalue weighted by atomic mass is 10.1. The lowest BCUT2D eigenvalue weighted by molar-refractivity contribution is -0.131. The second-order valence-corrected chi connectivity index (χ2v) is 8.54. The highest BCUT2D eigenvalue weighted by Crippen LogP contribution is 2.35. The maximum absolute atomic E-state index is 14.2. The molecule has 1 aromatic carbocycles. The van der Waals surface area contributed by atoms with Gasteiger partial charge in [0.2, 0.25) is 5.91 Å². The molecule has 1 aliphatic carbocycles. The van der Waals surface area contributed by atoms with Crippen LogP contribution in [0, 0.1) is 23.0 Å². The molecule has 2 fully saturated rings. The van der Waals surface area contributed by atoms with E-state index in [1.54, 1.807) is 12.3 Å². The number of aromatic nitrogens is 1. The molecule has 1 N–H and O–H groups in total. The number of fused-ring (bicyclic) bond motifs is 3. The summed E-state index contributed by atoms with van der Waals surface area (Å²) in [5.41, 5.74) is 1.71. The van der Waals surface area contributed by atoms with Crippen molar-refractivity contribution in [3.8, 4) is 6.07 Å². The number of carbonyl (C=O) groups is 1. The molecule has 1 amide bonds. The molecule has 2 bridgehead atoms. The Morgan fingerprint density at radius 1 is 1.19 bits per heavy atom. The minimum Gasteiger partial charge on any atom is -0.347 e. The highest BCUT2D eigenvalue weighted by Gasteiger charge is 2.42. The summed E-state index contributed by atoms with van der Waals surface area (Å²) in [6, 6.07) is 8.17. The van der Waals surface area contributed by atoms with Gasteiger partial charge in [-0.1, -0.05) is 0 Å². The predicted octanol–water partition coefficient (Wildman–Crippen LogP) is 2.69. The number of nitrogens with one attached hydrogen (secondary N) is 1. The molecule has 0 radical (unpaired) electrons. The summed E-state index contributed by atoms with van der Waals surface area (Å²) in [5, 5.41) is 12.2. The van der Waals surface area contributed by atoms with Crippen LogP contribution in [-0.2, 0) is 11.2 Å². The molecule has 1 aromatic heterocycles. The normalized spacial score (nSPS) is 24.2. The van der Waals surface area contributed by atoms with Crippen molar-refractivity contribution in [3.63, 3.8) is 0 Å². The molecule has 0 saturated carbocycles. The van der Waals surface area contributed by atoms with Crippen molar-refractivity contribution in [2.24, 2.45) is 0 Å². The molecular weight excluding hydrogens is 400 g/mol. The number of amides is 1. The molecule has 2 saturated heterocycles. The Morgan fingerprint density at radius 2 is 1.97 bits per heavy atom. The van der Waals surface area contributed by atoms with Crippen molar-refractivity contribution in [1.82, 2.24) is 15.2 Å². The molecule has 0 spiro atoms. The van der Waals surface area contributed by atoms with E-state index in [-0.39, 0.29) is 30.6 Å². The number of rotatable bonds is 4. The summed E-state index contributed by atoms with van der Waals surface area (Å²) >= 11 is 0. The van der Waals surface area contributed by atoms with Crippen molar-refractivity contribution < 1.29 is 13.6 Å². The van der Waals surface area contributed by atoms with Crippen LogP contribution in [0.4, 0.5) is 14.6 Å². The molecule has 5 rings (SSSR count). The standard InChI is InChI=1S/C23H23F2N5O/c24-16-7-15-2-5-20(23(15)19(25)8-16)27-11-22(31)29-12-17-3-4-18(13-29)30(17)21-6-1-14(9-26)10-28-21/h1,6-8,10,17-18,20,27H,2-5,11-13H2. The summed E-state index contributed by atoms with van der Waals surface area (Å²) in [6.45, 7) is 1.38. The monoisotopic (exact) mass is 423 g/mol. The van der Waals surface area contributed by atoms with Gasteiger partial charge in [-0.05, 0) is 49.4 Å². The van der Waals surface area contributed by atoms with E-state index in [9.17, 15) is 13.6 Å². The summed E-state index contributed by atoms with van der Waals surface area (Å²) in [4.78, 5) is 21.5. The van der Waals surface area contributed by atoms with Gasteiger partial charge in [-0.3, -0.25) is 4.79 Å². The highest BCUT2D eigenvalue weighted by molar-refractivity contribution is 5.79. The van der Waals surface area contributed by atoms with Crippen LogP contribution in [0.15, 0.2) is 30.5 Å². The molecule has 2 aliphatic heterocycles. The molecule has 3 aliphatic rings. The fraction of sp³-hybridized carbons (Fsp3) is 0.435. The first-order valence-corrected chi connectivity index (χ1v) is 10.7. The Morgan fingerprint density at radius 3 is 2.65 bits per heavy atom. The van der Waals surface area contributed by atoms with Gasteiger partial charge in [-0.15, -0.1) is 0 Å². The average Bonchev–Trinajstić information content (AvgIpc) is 3.29. The smallest absolute Gasteiger partial charge is 0.236 e. The Labute approximate surface area is 179 Å². The van der Waals surface area contributed by atoms with E-state index >= 15 is 0 Å². The largest absolute Gasteiger partial charge is 0.347 e. The molecule has 3 atom stereocenters. The number of nitrogens with zero attached hydrogens (tertiary/aromatic N) is 4. The maximum atomic E-state index is 14.2. The van der Waals surface area contributed by atoms with Crippen molar-refractivity contribution in [2.45, 2.75) is 43.8 Å². The van der Waals surface area contributed by atoms with E-state index in [4.69, 9.17) is 5.26 Å². The number of carbonyl (C=O) groups excluding carboxylic acids is 1. The topological polar surface area (TPSA) is 72.3 Å². The molecular formula is C23H23F2N5O. The SMILES string of the molecule is N#Cc1ccc(N2C3CCC2CN(C(=O)CNC2CCc4cc(F)cc(F)c42)C3)nc1. The molecule has 3 unspecified atom stereocenters. The third-order valence-electron chi connectivity index (χ3n) is 6.71. The summed E-state index contributed by atoms with van der Waals surface area (Å²) in [6.07, 6.45) is 4.84. The van der Waals surface area contributed by atoms with E-state index in [2.05, 4.69) is 21.3 Å². The van der Waals surface area contributed by atoms with Gasteiger partial charge in [-0.2, -0.15) is 5.26 Å². The zero-order chi connectivity index (χ0) is 21.5. The van der Waals surface area contributed by atoms with Gasteiger partial charge in [-0.25, -0.2) is 13.8 Å². The number of piperazine rings is 1. The number of nitriles is 1. The first-order valence-electron chi connectivity index (χ1n) is 10.7. The van der Waals surface area contributed by atoms with Gasteiger partial charge in [0.1, 0.15) is 23.5 Å². The summed E-state index contributed by atoms with van der Waals surface area (Å²) < 4.78 is 27.7. The number of pyridine rings is 1. The third kappa shape index (κ3) is 3.63. The Hall–Kier alpha value is -3.05. The van der Waals surface area contributed by atoms with Crippen LogP contribution in [0.2, 0.25) is 0 Å². The molecule has 8 heteroatoms. The van der Waals surface area contributed by atoms with Crippen LogP contribution in [0.5, 0.6) is 0 Å². The van der Waals surface area contributed by atoms with Crippen molar-refractivity contribution in [2.75, 3.05) is 24.5 Å². The second-order valence-electron chi connectivity index (χ2n) is 8.54. The van der Waals surface area contributed by atoms with Crippen molar-refractivity contribution in [3.05, 3.63) is 58.8 Å². The fourth-order valence-electron chi connectivity index (χ4n) is 5.29. The lowest BCUT2D eigenvalue weighted by Gasteiger charge is -2.42. The first kappa shape index (κ1) is 19.9. The Balaban J connectivity index is 1.22. The first-order chi connectivity index (χ1) is 15.0. The van der Waals surface area contributed by atoms with E-state index < -0.39 is 11.6 Å². The van der Waals surface area contributed by atoms with Gasteiger partial charge in [0.15, 0.2) is 0 Å². The Bertz CT molecular complexity index is 1040. The highest BCUT2D eigenvalue weighted by atomic mass is 19.1. The van der Waals surface area contributed by atoms with E-state index in [0.717, 1.165) is 24.7 Å². The van der Waals surface area contributed by atoms with Crippen LogP contribution in [0.3, 0.4) is 0 Å². The van der Waals surface area contributed by atoms with E-state index in [0.29, 0.717) is 42.6 Å². The predicted molar refractivity (Wildman–Crippen MR) is 110 cm³/mol. The number of halogens is 2. The van der Waals surface area contributed by atoms with Gasteiger partial charge < -0.3 is 15.1 Å². The van der Waals surface area contributed by atoms with Crippen molar-refractivity contribution >= 4 is 11.7 Å². The number of likely N-dealkylation sites (tertiary alicyclic amines) is 1. The van der Waals surface area contributed by atoms with E-state index in [1.807, 2.05) is 11.0 Å². The number of aryl methyl sites for hydroxylation is 1. The zero-order valence-corrected chi connectivity index (χ0v) is 17.0. The van der Waals surface area contributed by atoms with Gasteiger partial charge in [0, 0.05) is 49.0 Å². The third-order valence-corrected chi connectivity index (χ3v) is 6.71. The lowest BCUT2D eigenvalue weighted by Crippen LogP contribution is -2.57. The van der Waals surface area contributed by atoms with Gasteiger partial charge >= 0.3 is 0 Å². The molecule has 6 nitrogen and oxygen atoms in total. The van der Waals surface area contributed by atoms with Crippen LogP contribution in [-0.4, -0.2) is 47.5 Å². The van der Waals surface area contributed by atoms with Crippen molar-refractivity contribution in [1.29, 1.82) is 5.26 Å². The Kier molecular flexibility index (Phi) is 5.06. The van der Waals surface area contributed by atoms with Gasteiger partial charge in [0.05, 0.1) is 12.1 Å². The van der Waals surface area contributed by atoms with Crippen LogP contribution in [0.1, 0.15) is 42.0 Å². The van der Waals surface area contributed by atoms with Crippen LogP contribution < -0.4 is 10.2 Å². The van der Waals surface area contributed by atoms with E-state index in [1.165, 1.54) is 6.07 Å². The zero-order valence-electron chi connectivity index (χ0n) is 17.0.